The molecule has 0 aliphatic carbocycles. The number of hydrogen-bond donors (Lipinski definition) is 0. The average molecular weight is 721 g/mol. The monoisotopic (exact) mass is 720 g/mol. The number of guanidine groups is 2. The molecule has 0 spiro atoms. The van der Waals surface area contributed by atoms with Crippen molar-refractivity contribution in [2.45, 2.75) is 92.9 Å². The first-order valence-electron chi connectivity index (χ1n) is 17.1. The summed E-state index contributed by atoms with van der Waals surface area (Å²) in [6.07, 6.45) is 0. The van der Waals surface area contributed by atoms with Crippen LogP contribution in [-0.4, -0.2) is 89.7 Å². The Balaban J connectivity index is 1.65. The summed E-state index contributed by atoms with van der Waals surface area (Å²) in [5, 5.41) is 0. The number of amides is 4. The number of rotatable bonds is 4. The van der Waals surface area contributed by atoms with Crippen LogP contribution in [0.2, 0.25) is 0 Å². The second-order valence-corrected chi connectivity index (χ2v) is 19.1. The molecule has 51 heavy (non-hydrogen) atoms. The lowest BCUT2D eigenvalue weighted by molar-refractivity contribution is -0.136. The predicted octanol–water partition coefficient (Wildman–Crippen LogP) is 6.02. The molecule has 4 amide bonds. The third kappa shape index (κ3) is 8.40. The minimum absolute atomic E-state index is 0.0295. The van der Waals surface area contributed by atoms with Gasteiger partial charge in [0.2, 0.25) is 45.4 Å². The summed E-state index contributed by atoms with van der Waals surface area (Å²) in [6, 6.07) is 11.9. The molecule has 276 valence electrons. The molecule has 2 aliphatic heterocycles. The summed E-state index contributed by atoms with van der Waals surface area (Å²) in [5.74, 6) is -0.256. The first-order chi connectivity index (χ1) is 23.2. The van der Waals surface area contributed by atoms with E-state index in [-0.39, 0.29) is 45.3 Å². The molecule has 0 N–H and O–H groups in total. The zero-order valence-corrected chi connectivity index (χ0v) is 32.8. The Morgan fingerprint density at radius 2 is 0.667 bits per heavy atom. The molecule has 0 aromatic heterocycles. The summed E-state index contributed by atoms with van der Waals surface area (Å²) in [7, 11) is -3.96. The Morgan fingerprint density at radius 1 is 0.451 bits per heavy atom. The number of nitrogens with zero attached hydrogens (tertiary/aromatic N) is 6. The van der Waals surface area contributed by atoms with Gasteiger partial charge in [-0.1, -0.05) is 83.1 Å². The highest BCUT2D eigenvalue weighted by atomic mass is 32.2. The molecule has 2 saturated heterocycles. The van der Waals surface area contributed by atoms with Crippen LogP contribution in [0.5, 0.6) is 0 Å². The van der Waals surface area contributed by atoms with E-state index in [1.54, 1.807) is 107 Å². The van der Waals surface area contributed by atoms with E-state index in [1.165, 1.54) is 43.9 Å². The van der Waals surface area contributed by atoms with Gasteiger partial charge < -0.3 is 0 Å². The van der Waals surface area contributed by atoms with E-state index in [2.05, 4.69) is 9.98 Å². The van der Waals surface area contributed by atoms with Crippen molar-refractivity contribution in [3.63, 3.8) is 0 Å². The van der Waals surface area contributed by atoms with E-state index in [0.29, 0.717) is 37.6 Å². The normalized spacial score (nSPS) is 16.2. The fraction of sp³-hybridized carbons (Fsp3) is 0.526. The van der Waals surface area contributed by atoms with Crippen molar-refractivity contribution >= 4 is 56.8 Å². The van der Waals surface area contributed by atoms with Crippen molar-refractivity contribution in [3.05, 3.63) is 48.5 Å². The van der Waals surface area contributed by atoms with Crippen molar-refractivity contribution < 1.29 is 27.6 Å². The van der Waals surface area contributed by atoms with E-state index < -0.39 is 31.5 Å². The molecular weight excluding hydrogens is 669 g/mol. The number of benzene rings is 2. The number of hydrogen-bond acceptors (Lipinski definition) is 8. The minimum atomic E-state index is -3.96. The van der Waals surface area contributed by atoms with Crippen LogP contribution in [0.1, 0.15) is 83.1 Å². The number of carbonyl (C=O) groups excluding carboxylic acids is 4. The quantitative estimate of drug-likeness (QED) is 0.379. The molecule has 2 aliphatic rings. The molecule has 0 radical (unpaired) electrons. The van der Waals surface area contributed by atoms with Gasteiger partial charge in [0, 0.05) is 47.8 Å². The Hall–Kier alpha value is -4.39. The fourth-order valence-electron chi connectivity index (χ4n) is 5.49. The van der Waals surface area contributed by atoms with Gasteiger partial charge in [0.1, 0.15) is 0 Å². The first-order valence-corrected chi connectivity index (χ1v) is 18.6. The van der Waals surface area contributed by atoms with Gasteiger partial charge in [0.15, 0.2) is 0 Å². The Bertz CT molecular complexity index is 1670. The van der Waals surface area contributed by atoms with Crippen LogP contribution in [0.25, 0.3) is 0 Å². The Kier molecular flexibility index (Phi) is 10.5. The average Bonchev–Trinajstić information content (AvgIpc) is 3.62. The van der Waals surface area contributed by atoms with Gasteiger partial charge in [0.05, 0.1) is 21.2 Å². The maximum atomic E-state index is 13.7. The summed E-state index contributed by atoms with van der Waals surface area (Å²) in [6.45, 7) is 22.9. The molecule has 13 heteroatoms. The van der Waals surface area contributed by atoms with E-state index in [4.69, 9.17) is 0 Å². The third-order valence-electron chi connectivity index (χ3n) is 8.36. The van der Waals surface area contributed by atoms with Gasteiger partial charge in [-0.05, 0) is 48.5 Å². The minimum Gasteiger partial charge on any atom is -0.280 e. The topological polar surface area (TPSA) is 140 Å². The van der Waals surface area contributed by atoms with E-state index in [1.807, 2.05) is 0 Å². The summed E-state index contributed by atoms with van der Waals surface area (Å²) in [4.78, 5) is 68.7. The van der Waals surface area contributed by atoms with E-state index in [0.717, 1.165) is 0 Å². The standard InChI is InChI=1S/C38H52N6O6S/c1-35(2,3)29(45)41-21-22-42(30(46)36(4,5)6)33(41)39-25-13-17-27(18-14-25)51(49,50)28-19-15-26(16-20-28)40-34-43(31(47)37(7,8)9)23-24-44(34)32(48)38(10,11)12/h13-20H,21-24H2,1-12H3. The van der Waals surface area contributed by atoms with Crippen molar-refractivity contribution in [3.8, 4) is 0 Å². The van der Waals surface area contributed by atoms with Gasteiger partial charge in [-0.25, -0.2) is 18.4 Å². The smallest absolute Gasteiger partial charge is 0.234 e. The zero-order valence-electron chi connectivity index (χ0n) is 32.0. The number of sulfone groups is 1. The van der Waals surface area contributed by atoms with E-state index in [9.17, 15) is 27.6 Å². The van der Waals surface area contributed by atoms with Gasteiger partial charge in [-0.2, -0.15) is 0 Å². The molecule has 4 rings (SSSR count). The molecule has 0 unspecified atom stereocenters. The molecule has 2 aromatic carbocycles. The van der Waals surface area contributed by atoms with Crippen LogP contribution in [0.4, 0.5) is 11.4 Å². The SMILES string of the molecule is CC(C)(C)C(=O)N1CCN(C(=O)C(C)(C)C)C1=Nc1ccc(S(=O)(=O)c2ccc(N=C3N(C(=O)C(C)(C)C)CCN3C(=O)C(C)(C)C)cc2)cc1. The van der Waals surface area contributed by atoms with Crippen LogP contribution < -0.4 is 0 Å². The van der Waals surface area contributed by atoms with Gasteiger partial charge >= 0.3 is 0 Å². The fourth-order valence-corrected chi connectivity index (χ4v) is 6.75. The Morgan fingerprint density at radius 3 is 0.863 bits per heavy atom. The highest BCUT2D eigenvalue weighted by Crippen LogP contribution is 2.31. The summed E-state index contributed by atoms with van der Waals surface area (Å²) >= 11 is 0. The van der Waals surface area contributed by atoms with Gasteiger partial charge in [-0.15, -0.1) is 0 Å². The van der Waals surface area contributed by atoms with Crippen LogP contribution in [0.3, 0.4) is 0 Å². The van der Waals surface area contributed by atoms with Crippen molar-refractivity contribution in [2.75, 3.05) is 26.2 Å². The second-order valence-electron chi connectivity index (χ2n) is 17.1. The summed E-state index contributed by atoms with van der Waals surface area (Å²) in [5.41, 5.74) is -2.05. The van der Waals surface area contributed by atoms with Crippen LogP contribution in [-0.2, 0) is 29.0 Å². The maximum Gasteiger partial charge on any atom is 0.234 e. The van der Waals surface area contributed by atoms with Crippen molar-refractivity contribution in [2.24, 2.45) is 31.6 Å². The predicted molar refractivity (Wildman–Crippen MR) is 197 cm³/mol. The van der Waals surface area contributed by atoms with Crippen LogP contribution in [0.15, 0.2) is 68.3 Å². The molecule has 2 fully saturated rings. The zero-order chi connectivity index (χ0) is 38.5. The van der Waals surface area contributed by atoms with Crippen molar-refractivity contribution in [1.29, 1.82) is 0 Å². The van der Waals surface area contributed by atoms with E-state index >= 15 is 0 Å². The largest absolute Gasteiger partial charge is 0.280 e. The molecule has 12 nitrogen and oxygen atoms in total. The number of aliphatic imine (C=N–C) groups is 2. The summed E-state index contributed by atoms with van der Waals surface area (Å²) < 4.78 is 27.3. The Labute approximate surface area is 302 Å². The lowest BCUT2D eigenvalue weighted by atomic mass is 9.94. The lowest BCUT2D eigenvalue weighted by Crippen LogP contribution is -2.47. The first kappa shape index (κ1) is 39.4. The highest BCUT2D eigenvalue weighted by Gasteiger charge is 2.43. The molecule has 2 heterocycles. The van der Waals surface area contributed by atoms with Gasteiger partial charge in [-0.3, -0.25) is 38.8 Å². The lowest BCUT2D eigenvalue weighted by Gasteiger charge is -2.29. The van der Waals surface area contributed by atoms with Crippen LogP contribution in [0, 0.1) is 21.7 Å². The molecule has 0 saturated carbocycles. The third-order valence-corrected chi connectivity index (χ3v) is 10.1. The number of carbonyl (C=O) groups is 4. The van der Waals surface area contributed by atoms with Gasteiger partial charge in [0.25, 0.3) is 0 Å². The molecule has 2 aromatic rings. The van der Waals surface area contributed by atoms with Crippen LogP contribution >= 0.6 is 0 Å². The maximum absolute atomic E-state index is 13.7. The molecule has 0 atom stereocenters. The molecular formula is C38H52N6O6S. The second kappa shape index (κ2) is 13.6. The molecule has 0 bridgehead atoms. The highest BCUT2D eigenvalue weighted by molar-refractivity contribution is 7.91. The van der Waals surface area contributed by atoms with Crippen molar-refractivity contribution in [1.82, 2.24) is 19.6 Å².